The SMILES string of the molecule is CCC(CC)(c1ccccc1)c1ccc(C(F)(F)F)cc1. The van der Waals surface area contributed by atoms with Gasteiger partial charge in [0.05, 0.1) is 5.56 Å². The zero-order valence-corrected chi connectivity index (χ0v) is 12.2. The molecule has 0 aliphatic rings. The van der Waals surface area contributed by atoms with Gasteiger partial charge in [-0.15, -0.1) is 0 Å². The molecule has 0 N–H and O–H groups in total. The summed E-state index contributed by atoms with van der Waals surface area (Å²) in [6.45, 7) is 4.16. The number of alkyl halides is 3. The Labute approximate surface area is 123 Å². The van der Waals surface area contributed by atoms with E-state index in [0.717, 1.165) is 24.0 Å². The summed E-state index contributed by atoms with van der Waals surface area (Å²) in [7, 11) is 0. The molecule has 0 saturated carbocycles. The molecule has 3 heteroatoms. The molecule has 112 valence electrons. The molecule has 2 rings (SSSR count). The number of hydrogen-bond acceptors (Lipinski definition) is 0. The van der Waals surface area contributed by atoms with E-state index in [-0.39, 0.29) is 5.41 Å². The second-order valence-electron chi connectivity index (χ2n) is 5.23. The zero-order valence-electron chi connectivity index (χ0n) is 12.2. The van der Waals surface area contributed by atoms with Gasteiger partial charge in [-0.2, -0.15) is 13.2 Å². The molecule has 0 amide bonds. The highest BCUT2D eigenvalue weighted by Gasteiger charge is 2.33. The van der Waals surface area contributed by atoms with E-state index in [4.69, 9.17) is 0 Å². The molecule has 0 aromatic heterocycles. The van der Waals surface area contributed by atoms with Crippen LogP contribution in [0.2, 0.25) is 0 Å². The van der Waals surface area contributed by atoms with E-state index in [1.54, 1.807) is 12.1 Å². The van der Waals surface area contributed by atoms with Crippen LogP contribution in [0, 0.1) is 0 Å². The predicted molar refractivity (Wildman–Crippen MR) is 79.2 cm³/mol. The Morgan fingerprint density at radius 2 is 1.10 bits per heavy atom. The van der Waals surface area contributed by atoms with Gasteiger partial charge in [0, 0.05) is 5.41 Å². The van der Waals surface area contributed by atoms with Crippen LogP contribution in [-0.2, 0) is 11.6 Å². The molecule has 0 saturated heterocycles. The molecule has 0 radical (unpaired) electrons. The van der Waals surface area contributed by atoms with E-state index in [1.165, 1.54) is 12.1 Å². The average Bonchev–Trinajstić information content (AvgIpc) is 2.50. The van der Waals surface area contributed by atoms with Crippen molar-refractivity contribution < 1.29 is 13.2 Å². The van der Waals surface area contributed by atoms with Crippen molar-refractivity contribution in [3.05, 3.63) is 71.3 Å². The largest absolute Gasteiger partial charge is 0.416 e. The monoisotopic (exact) mass is 292 g/mol. The molecule has 0 nitrogen and oxygen atoms in total. The van der Waals surface area contributed by atoms with Crippen molar-refractivity contribution in [3.8, 4) is 0 Å². The highest BCUT2D eigenvalue weighted by atomic mass is 19.4. The summed E-state index contributed by atoms with van der Waals surface area (Å²) in [5, 5.41) is 0. The lowest BCUT2D eigenvalue weighted by Crippen LogP contribution is -2.26. The van der Waals surface area contributed by atoms with Crippen molar-refractivity contribution in [2.24, 2.45) is 0 Å². The average molecular weight is 292 g/mol. The lowest BCUT2D eigenvalue weighted by Gasteiger charge is -2.33. The van der Waals surface area contributed by atoms with E-state index >= 15 is 0 Å². The summed E-state index contributed by atoms with van der Waals surface area (Å²) in [4.78, 5) is 0. The van der Waals surface area contributed by atoms with Crippen molar-refractivity contribution in [1.29, 1.82) is 0 Å². The first-order valence-electron chi connectivity index (χ1n) is 7.17. The van der Waals surface area contributed by atoms with Crippen LogP contribution in [0.15, 0.2) is 54.6 Å². The van der Waals surface area contributed by atoms with Crippen molar-refractivity contribution >= 4 is 0 Å². The van der Waals surface area contributed by atoms with Crippen LogP contribution in [0.25, 0.3) is 0 Å². The summed E-state index contributed by atoms with van der Waals surface area (Å²) >= 11 is 0. The molecule has 2 aromatic rings. The minimum Gasteiger partial charge on any atom is -0.166 e. The van der Waals surface area contributed by atoms with E-state index in [0.29, 0.717) is 0 Å². The number of rotatable bonds is 4. The van der Waals surface area contributed by atoms with Gasteiger partial charge in [-0.3, -0.25) is 0 Å². The van der Waals surface area contributed by atoms with Gasteiger partial charge >= 0.3 is 6.18 Å². The lowest BCUT2D eigenvalue weighted by molar-refractivity contribution is -0.137. The minimum atomic E-state index is -4.29. The van der Waals surface area contributed by atoms with Crippen molar-refractivity contribution in [3.63, 3.8) is 0 Å². The highest BCUT2D eigenvalue weighted by molar-refractivity contribution is 5.40. The maximum atomic E-state index is 12.7. The summed E-state index contributed by atoms with van der Waals surface area (Å²) in [6, 6.07) is 15.6. The fraction of sp³-hybridized carbons (Fsp3) is 0.333. The third kappa shape index (κ3) is 2.97. The van der Waals surface area contributed by atoms with Crippen LogP contribution in [-0.4, -0.2) is 0 Å². The van der Waals surface area contributed by atoms with Gasteiger partial charge in [0.25, 0.3) is 0 Å². The van der Waals surface area contributed by atoms with Gasteiger partial charge in [0.15, 0.2) is 0 Å². The van der Waals surface area contributed by atoms with E-state index in [9.17, 15) is 13.2 Å². The Kier molecular flexibility index (Phi) is 4.40. The molecule has 0 heterocycles. The quantitative estimate of drug-likeness (QED) is 0.667. The minimum absolute atomic E-state index is 0.231. The fourth-order valence-electron chi connectivity index (χ4n) is 2.97. The van der Waals surface area contributed by atoms with Gasteiger partial charge in [0.1, 0.15) is 0 Å². The summed E-state index contributed by atoms with van der Waals surface area (Å²) in [6.07, 6.45) is -2.59. The Morgan fingerprint density at radius 1 is 0.667 bits per heavy atom. The molecule has 0 aliphatic carbocycles. The second-order valence-corrected chi connectivity index (χ2v) is 5.23. The summed E-state index contributed by atoms with van der Waals surface area (Å²) in [5.74, 6) is 0. The summed E-state index contributed by atoms with van der Waals surface area (Å²) in [5.41, 5.74) is 1.26. The Balaban J connectivity index is 2.49. The van der Waals surface area contributed by atoms with Crippen LogP contribution in [0.1, 0.15) is 43.4 Å². The van der Waals surface area contributed by atoms with Gasteiger partial charge in [-0.1, -0.05) is 56.3 Å². The Morgan fingerprint density at radius 3 is 1.52 bits per heavy atom. The van der Waals surface area contributed by atoms with Gasteiger partial charge in [0.2, 0.25) is 0 Å². The maximum Gasteiger partial charge on any atom is 0.416 e. The Hall–Kier alpha value is -1.77. The van der Waals surface area contributed by atoms with Gasteiger partial charge in [-0.25, -0.2) is 0 Å². The third-order valence-corrected chi connectivity index (χ3v) is 4.30. The van der Waals surface area contributed by atoms with Crippen LogP contribution in [0.3, 0.4) is 0 Å². The molecule has 0 bridgehead atoms. The van der Waals surface area contributed by atoms with Crippen molar-refractivity contribution in [2.75, 3.05) is 0 Å². The molecule has 0 atom stereocenters. The summed E-state index contributed by atoms with van der Waals surface area (Å²) < 4.78 is 38.1. The van der Waals surface area contributed by atoms with Gasteiger partial charge in [-0.05, 0) is 36.1 Å². The van der Waals surface area contributed by atoms with Crippen LogP contribution in [0.5, 0.6) is 0 Å². The standard InChI is InChI=1S/C18H19F3/c1-3-17(4-2,14-8-6-5-7-9-14)15-10-12-16(13-11-15)18(19,20)21/h5-13H,3-4H2,1-2H3. The third-order valence-electron chi connectivity index (χ3n) is 4.30. The molecular formula is C18H19F3. The van der Waals surface area contributed by atoms with E-state index < -0.39 is 11.7 Å². The highest BCUT2D eigenvalue weighted by Crippen LogP contribution is 2.39. The van der Waals surface area contributed by atoms with Crippen molar-refractivity contribution in [1.82, 2.24) is 0 Å². The molecule has 0 aliphatic heterocycles. The first kappa shape index (κ1) is 15.6. The molecule has 0 unspecified atom stereocenters. The smallest absolute Gasteiger partial charge is 0.166 e. The zero-order chi connectivity index (χ0) is 15.5. The van der Waals surface area contributed by atoms with E-state index in [2.05, 4.69) is 13.8 Å². The van der Waals surface area contributed by atoms with Gasteiger partial charge < -0.3 is 0 Å². The number of halogens is 3. The van der Waals surface area contributed by atoms with E-state index in [1.807, 2.05) is 30.3 Å². The number of hydrogen-bond donors (Lipinski definition) is 0. The molecule has 2 aromatic carbocycles. The van der Waals surface area contributed by atoms with Crippen molar-refractivity contribution in [2.45, 2.75) is 38.3 Å². The van der Waals surface area contributed by atoms with Crippen LogP contribution >= 0.6 is 0 Å². The fourth-order valence-corrected chi connectivity index (χ4v) is 2.97. The predicted octanol–water partition coefficient (Wildman–Crippen LogP) is 5.81. The molecule has 0 spiro atoms. The molecule has 0 fully saturated rings. The topological polar surface area (TPSA) is 0 Å². The second kappa shape index (κ2) is 5.92. The van der Waals surface area contributed by atoms with Crippen LogP contribution < -0.4 is 0 Å². The maximum absolute atomic E-state index is 12.7. The normalized spacial score (nSPS) is 12.4. The van der Waals surface area contributed by atoms with Crippen LogP contribution in [0.4, 0.5) is 13.2 Å². The Bertz CT molecular complexity index is 564. The first-order valence-corrected chi connectivity index (χ1v) is 7.17. The first-order chi connectivity index (χ1) is 9.94. The number of benzene rings is 2. The lowest BCUT2D eigenvalue weighted by atomic mass is 9.70. The molecular weight excluding hydrogens is 273 g/mol. The molecule has 21 heavy (non-hydrogen) atoms.